The maximum atomic E-state index is 14.2. The number of hydrogen-bond acceptors (Lipinski definition) is 10. The van der Waals surface area contributed by atoms with Gasteiger partial charge in [-0.05, 0) is 109 Å². The molecule has 0 radical (unpaired) electrons. The fourth-order valence-corrected chi connectivity index (χ4v) is 11.0. The standard InChI is InChI=1S/C30H34ClFN6O4.C23H20ClFN8O4.C7H14/c1-18-4-3-11-36(15-18)26(40)13-19-7-10-24-22(12-19)29(30(33)42)35-38(24)17-27(41)37(21-8-9-21)16-25(39)34-14-20-5-2-6-23(31)28(20)32;24-16-3-1-2-13(20(16)25)9-28-18(34)10-32(14-5-6-14)19(35)11-33-17-7-4-12(23(37)29-31-27)8-15(17)21(30-33)22(26)36;1-7-5-3-2-4-6-7/h2,5-7,10,12,18,21H,3-4,8-9,11,13-17H2,1H3,(H2,33,42)(H,34,39);1-4,7-8,14H,5-6,9-11H2,(H2,26,36)(H,28,34);7H,2-6H2,1H3/t18-;;/m1../s1. The zero-order chi connectivity index (χ0) is 61.8. The highest BCUT2D eigenvalue weighted by Crippen LogP contribution is 2.30. The smallest absolute Gasteiger partial charge is 0.269 e. The van der Waals surface area contributed by atoms with Crippen LogP contribution in [0.15, 0.2) is 77.9 Å². The molecule has 4 aromatic carbocycles. The Labute approximate surface area is 504 Å². The number of carbonyl (C=O) groups is 8. The minimum absolute atomic E-state index is 0.0120. The molecule has 3 saturated carbocycles. The van der Waals surface area contributed by atoms with Crippen molar-refractivity contribution in [1.82, 2.24) is 44.9 Å². The second kappa shape index (κ2) is 29.1. The van der Waals surface area contributed by atoms with E-state index in [4.69, 9.17) is 40.2 Å². The van der Waals surface area contributed by atoms with E-state index < -0.39 is 47.1 Å². The van der Waals surface area contributed by atoms with Crippen molar-refractivity contribution in [1.29, 1.82) is 0 Å². The average Bonchev–Trinajstić information content (AvgIpc) is 3.38. The first-order chi connectivity index (χ1) is 41.2. The molecule has 86 heavy (non-hydrogen) atoms. The number of nitrogens with zero attached hydrogens (tertiary/aromatic N) is 10. The van der Waals surface area contributed by atoms with Crippen LogP contribution in [0.25, 0.3) is 32.2 Å². The summed E-state index contributed by atoms with van der Waals surface area (Å²) in [7, 11) is 0. The Kier molecular flexibility index (Phi) is 21.5. The number of piperidine rings is 1. The first kappa shape index (κ1) is 63.5. The lowest BCUT2D eigenvalue weighted by Gasteiger charge is -2.31. The third-order valence-electron chi connectivity index (χ3n) is 15.5. The molecule has 3 aliphatic carbocycles. The van der Waals surface area contributed by atoms with Crippen LogP contribution in [0.3, 0.4) is 0 Å². The number of primary amides is 2. The van der Waals surface area contributed by atoms with Crippen molar-refractivity contribution in [3.63, 3.8) is 0 Å². The fourth-order valence-electron chi connectivity index (χ4n) is 10.6. The molecule has 1 saturated heterocycles. The molecular weight excluding hydrogens is 1150 g/mol. The Morgan fingerprint density at radius 1 is 0.663 bits per heavy atom. The van der Waals surface area contributed by atoms with Crippen LogP contribution in [-0.4, -0.2) is 120 Å². The summed E-state index contributed by atoms with van der Waals surface area (Å²) in [5.74, 6) is -3.86. The normalized spacial score (nSPS) is 15.7. The molecule has 22 nitrogen and oxygen atoms in total. The Morgan fingerprint density at radius 2 is 1.15 bits per heavy atom. The van der Waals surface area contributed by atoms with Gasteiger partial charge in [-0.25, -0.2) is 8.78 Å². The van der Waals surface area contributed by atoms with Crippen molar-refractivity contribution < 1.29 is 47.1 Å². The van der Waals surface area contributed by atoms with Crippen LogP contribution in [0.5, 0.6) is 0 Å². The van der Waals surface area contributed by atoms with Crippen LogP contribution in [-0.2, 0) is 56.6 Å². The van der Waals surface area contributed by atoms with Crippen LogP contribution in [0.2, 0.25) is 10.0 Å². The van der Waals surface area contributed by atoms with Crippen LogP contribution in [0, 0.1) is 23.5 Å². The van der Waals surface area contributed by atoms with Crippen molar-refractivity contribution >= 4 is 92.3 Å². The largest absolute Gasteiger partial charge is 0.364 e. The molecule has 8 amide bonds. The monoisotopic (exact) mass is 1220 g/mol. The van der Waals surface area contributed by atoms with Gasteiger partial charge in [0.25, 0.3) is 11.8 Å². The van der Waals surface area contributed by atoms with Gasteiger partial charge >= 0.3 is 0 Å². The lowest BCUT2D eigenvalue weighted by molar-refractivity contribution is -0.137. The molecule has 4 fully saturated rings. The molecule has 0 unspecified atom stereocenters. The van der Waals surface area contributed by atoms with Crippen molar-refractivity contribution in [2.75, 3.05) is 26.2 Å². The number of hydrogen-bond donors (Lipinski definition) is 4. The van der Waals surface area contributed by atoms with E-state index in [0.717, 1.165) is 63.1 Å². The number of rotatable bonds is 19. The molecule has 2 aromatic heterocycles. The zero-order valence-electron chi connectivity index (χ0n) is 47.8. The van der Waals surface area contributed by atoms with E-state index in [-0.39, 0.29) is 113 Å². The van der Waals surface area contributed by atoms with Crippen LogP contribution in [0.1, 0.15) is 133 Å². The van der Waals surface area contributed by atoms with Gasteiger partial charge in [0, 0.05) is 70.6 Å². The van der Waals surface area contributed by atoms with E-state index >= 15 is 0 Å². The van der Waals surface area contributed by atoms with Crippen molar-refractivity contribution in [2.45, 2.75) is 129 Å². The van der Waals surface area contributed by atoms with E-state index in [1.165, 1.54) is 93.7 Å². The molecular formula is C60H68Cl2F2N14O8. The Hall–Kier alpha value is -8.47. The highest BCUT2D eigenvalue weighted by Gasteiger charge is 2.36. The highest BCUT2D eigenvalue weighted by molar-refractivity contribution is 6.31. The first-order valence-electron chi connectivity index (χ1n) is 28.6. The number of fused-ring (bicyclic) bond motifs is 2. The first-order valence-corrected chi connectivity index (χ1v) is 29.4. The van der Waals surface area contributed by atoms with Crippen LogP contribution < -0.4 is 22.1 Å². The molecule has 4 aliphatic rings. The predicted molar refractivity (Wildman–Crippen MR) is 317 cm³/mol. The molecule has 1 atom stereocenters. The van der Waals surface area contributed by atoms with Gasteiger partial charge in [0.1, 0.15) is 24.7 Å². The fraction of sp³-hybridized carbons (Fsp3) is 0.433. The van der Waals surface area contributed by atoms with Crippen LogP contribution >= 0.6 is 23.2 Å². The van der Waals surface area contributed by atoms with Gasteiger partial charge in [0.2, 0.25) is 35.4 Å². The minimum Gasteiger partial charge on any atom is -0.364 e. The summed E-state index contributed by atoms with van der Waals surface area (Å²) in [6.45, 7) is 4.85. The SMILES string of the molecule is CC1CCCCC1.C[C@@H]1CCCN(C(=O)Cc2ccc3c(c2)c(C(N)=O)nn3CC(=O)N(CC(=O)NCc2cccc(Cl)c2F)C2CC2)C1.[N-]=[N+]=NC(=O)c1ccc2c(c1)c(C(N)=O)nn2CC(=O)N(CC(=O)NCc1cccc(Cl)c1F)C1CC1. The summed E-state index contributed by atoms with van der Waals surface area (Å²) in [6.07, 6.45) is 12.7. The quantitative estimate of drug-likeness (QED) is 0.0341. The summed E-state index contributed by atoms with van der Waals surface area (Å²) in [5.41, 5.74) is 21.5. The van der Waals surface area contributed by atoms with Gasteiger partial charge in [-0.3, -0.25) is 47.7 Å². The zero-order valence-corrected chi connectivity index (χ0v) is 49.3. The summed E-state index contributed by atoms with van der Waals surface area (Å²) in [4.78, 5) is 108. The number of nitrogens with one attached hydrogen (secondary N) is 2. The van der Waals surface area contributed by atoms with Gasteiger partial charge in [-0.1, -0.05) is 99.5 Å². The molecule has 454 valence electrons. The second-order valence-corrected chi connectivity index (χ2v) is 23.1. The van der Waals surface area contributed by atoms with E-state index in [2.05, 4.69) is 44.7 Å². The summed E-state index contributed by atoms with van der Waals surface area (Å²) in [5, 5.41) is 17.3. The number of benzene rings is 4. The number of amides is 8. The maximum absolute atomic E-state index is 14.2. The summed E-state index contributed by atoms with van der Waals surface area (Å²) in [6, 6.07) is 18.2. The number of halogens is 4. The number of aromatic nitrogens is 4. The third kappa shape index (κ3) is 16.7. The lowest BCUT2D eigenvalue weighted by Crippen LogP contribution is -2.43. The average molecular weight is 1220 g/mol. The van der Waals surface area contributed by atoms with Crippen molar-refractivity contribution in [2.24, 2.45) is 28.4 Å². The number of carbonyl (C=O) groups excluding carboxylic acids is 8. The molecule has 6 N–H and O–H groups in total. The van der Waals surface area contributed by atoms with Gasteiger partial charge in [-0.15, -0.1) is 0 Å². The number of azide groups is 1. The van der Waals surface area contributed by atoms with Gasteiger partial charge in [0.05, 0.1) is 40.6 Å². The molecule has 10 rings (SSSR count). The van der Waals surface area contributed by atoms with Gasteiger partial charge in [-0.2, -0.15) is 10.2 Å². The van der Waals surface area contributed by atoms with E-state index in [1.54, 1.807) is 30.3 Å². The molecule has 0 bridgehead atoms. The van der Waals surface area contributed by atoms with E-state index in [1.807, 2.05) is 4.90 Å². The topological polar surface area (TPSA) is 307 Å². The van der Waals surface area contributed by atoms with E-state index in [0.29, 0.717) is 22.3 Å². The number of likely N-dealkylation sites (tertiary alicyclic amines) is 1. The van der Waals surface area contributed by atoms with Gasteiger partial charge < -0.3 is 36.8 Å². The molecule has 26 heteroatoms. The Balaban J connectivity index is 0.000000202. The van der Waals surface area contributed by atoms with Gasteiger partial charge in [0.15, 0.2) is 11.4 Å². The molecule has 3 heterocycles. The molecule has 6 aromatic rings. The summed E-state index contributed by atoms with van der Waals surface area (Å²) < 4.78 is 30.9. The highest BCUT2D eigenvalue weighted by atomic mass is 35.5. The third-order valence-corrected chi connectivity index (χ3v) is 16.1. The predicted octanol–water partition coefficient (Wildman–Crippen LogP) is 8.31. The Bertz CT molecular complexity index is 3610. The minimum atomic E-state index is -0.878. The molecule has 1 aliphatic heterocycles. The van der Waals surface area contributed by atoms with Crippen molar-refractivity contribution in [3.8, 4) is 0 Å². The summed E-state index contributed by atoms with van der Waals surface area (Å²) >= 11 is 11.6. The Morgan fingerprint density at radius 3 is 1.60 bits per heavy atom. The van der Waals surface area contributed by atoms with Crippen LogP contribution in [0.4, 0.5) is 8.78 Å². The maximum Gasteiger partial charge on any atom is 0.269 e. The number of nitrogens with two attached hydrogens (primary N) is 2. The lowest BCUT2D eigenvalue weighted by atomic mass is 9.91. The second-order valence-electron chi connectivity index (χ2n) is 22.3. The van der Waals surface area contributed by atoms with Crippen molar-refractivity contribution in [3.05, 3.63) is 139 Å². The molecule has 0 spiro atoms. The van der Waals surface area contributed by atoms with E-state index in [9.17, 15) is 47.1 Å².